The summed E-state index contributed by atoms with van der Waals surface area (Å²) in [5.74, 6) is -1.10. The van der Waals surface area contributed by atoms with Crippen molar-refractivity contribution in [2.75, 3.05) is 0 Å². The summed E-state index contributed by atoms with van der Waals surface area (Å²) in [4.78, 5) is 19.9. The van der Waals surface area contributed by atoms with Crippen LogP contribution in [0.4, 0.5) is 10.1 Å². The first kappa shape index (κ1) is 10.8. The first-order valence-corrected chi connectivity index (χ1v) is 3.89. The topological polar surface area (TPSA) is 84.0 Å². The molecule has 1 aromatic carbocycles. The average Bonchev–Trinajstić information content (AvgIpc) is 2.16. The fraction of sp³-hybridized carbons (Fsp3) is 0.111. The average molecular weight is 208 g/mol. The summed E-state index contributed by atoms with van der Waals surface area (Å²) in [6.45, 7) is 0. The summed E-state index contributed by atoms with van der Waals surface area (Å²) in [6.07, 6.45) is 0.0951. The van der Waals surface area contributed by atoms with Crippen LogP contribution in [-0.4, -0.2) is 11.2 Å². The predicted octanol–water partition coefficient (Wildman–Crippen LogP) is 1.61. The monoisotopic (exact) mass is 208 g/mol. The van der Waals surface area contributed by atoms with E-state index in [-0.39, 0.29) is 23.8 Å². The van der Waals surface area contributed by atoms with Gasteiger partial charge >= 0.3 is 5.69 Å². The van der Waals surface area contributed by atoms with Gasteiger partial charge in [0.25, 0.3) is 0 Å². The molecule has 0 atom stereocenters. The minimum absolute atomic E-state index is 0.101. The molecule has 5 nitrogen and oxygen atoms in total. The van der Waals surface area contributed by atoms with Gasteiger partial charge in [0.05, 0.1) is 23.0 Å². The number of nitro groups is 1. The zero-order valence-corrected chi connectivity index (χ0v) is 7.44. The van der Waals surface area contributed by atoms with Gasteiger partial charge in [-0.1, -0.05) is 0 Å². The van der Waals surface area contributed by atoms with Crippen LogP contribution in [0.5, 0.6) is 0 Å². The third kappa shape index (κ3) is 2.14. The fourth-order valence-electron chi connectivity index (χ4n) is 1.15. The Morgan fingerprint density at radius 1 is 1.60 bits per heavy atom. The highest BCUT2D eigenvalue weighted by Gasteiger charge is 2.20. The molecule has 0 saturated carbocycles. The van der Waals surface area contributed by atoms with E-state index >= 15 is 0 Å². The zero-order valence-electron chi connectivity index (χ0n) is 7.44. The van der Waals surface area contributed by atoms with Gasteiger partial charge in [0, 0.05) is 0 Å². The van der Waals surface area contributed by atoms with Crippen LogP contribution in [0.1, 0.15) is 15.9 Å². The highest BCUT2D eigenvalue weighted by atomic mass is 19.1. The number of carbonyl (C=O) groups is 1. The van der Waals surface area contributed by atoms with Crippen molar-refractivity contribution in [3.05, 3.63) is 39.2 Å². The second kappa shape index (κ2) is 4.28. The molecule has 0 aliphatic rings. The molecule has 0 fully saturated rings. The van der Waals surface area contributed by atoms with Crippen LogP contribution in [-0.2, 0) is 6.42 Å². The number of halogens is 1. The van der Waals surface area contributed by atoms with E-state index in [2.05, 4.69) is 0 Å². The Hall–Kier alpha value is -2.29. The summed E-state index contributed by atoms with van der Waals surface area (Å²) >= 11 is 0. The number of benzene rings is 1. The maximum absolute atomic E-state index is 13.2. The number of hydrogen-bond acceptors (Lipinski definition) is 4. The van der Waals surface area contributed by atoms with Crippen LogP contribution < -0.4 is 0 Å². The van der Waals surface area contributed by atoms with E-state index in [1.54, 1.807) is 6.07 Å². The molecule has 0 aliphatic heterocycles. The van der Waals surface area contributed by atoms with Gasteiger partial charge in [-0.15, -0.1) is 0 Å². The molecule has 0 saturated heterocycles. The Bertz CT molecular complexity index is 465. The van der Waals surface area contributed by atoms with E-state index in [0.29, 0.717) is 0 Å². The van der Waals surface area contributed by atoms with Crippen LogP contribution in [0.25, 0.3) is 0 Å². The van der Waals surface area contributed by atoms with Crippen molar-refractivity contribution >= 4 is 12.0 Å². The first-order valence-electron chi connectivity index (χ1n) is 3.89. The van der Waals surface area contributed by atoms with Gasteiger partial charge in [-0.05, 0) is 17.7 Å². The molecule has 1 rings (SSSR count). The number of aldehydes is 1. The zero-order chi connectivity index (χ0) is 11.4. The summed E-state index contributed by atoms with van der Waals surface area (Å²) in [7, 11) is 0. The summed E-state index contributed by atoms with van der Waals surface area (Å²) in [6, 6.07) is 3.78. The fourth-order valence-corrected chi connectivity index (χ4v) is 1.15. The lowest BCUT2D eigenvalue weighted by atomic mass is 10.1. The van der Waals surface area contributed by atoms with E-state index < -0.39 is 16.4 Å². The van der Waals surface area contributed by atoms with Gasteiger partial charge in [-0.2, -0.15) is 9.65 Å². The number of carbonyl (C=O) groups excluding carboxylic acids is 1. The summed E-state index contributed by atoms with van der Waals surface area (Å²) < 4.78 is 13.2. The maximum Gasteiger partial charge on any atom is 0.315 e. The maximum atomic E-state index is 13.2. The Labute approximate surface area is 83.9 Å². The molecule has 0 aliphatic carbocycles. The molecule has 6 heteroatoms. The Morgan fingerprint density at radius 3 is 2.73 bits per heavy atom. The molecule has 0 heterocycles. The lowest BCUT2D eigenvalue weighted by Gasteiger charge is -2.00. The molecular weight excluding hydrogens is 203 g/mol. The number of nitriles is 1. The normalized spacial score (nSPS) is 9.33. The highest BCUT2D eigenvalue weighted by Crippen LogP contribution is 2.23. The molecule has 1 aromatic rings. The largest absolute Gasteiger partial charge is 0.315 e. The number of rotatable bonds is 3. The van der Waals surface area contributed by atoms with E-state index in [1.807, 2.05) is 0 Å². The Kier molecular flexibility index (Phi) is 3.08. The van der Waals surface area contributed by atoms with Gasteiger partial charge in [-0.25, -0.2) is 0 Å². The van der Waals surface area contributed by atoms with Gasteiger partial charge in [0.15, 0.2) is 6.29 Å². The Balaban J connectivity index is 3.38. The lowest BCUT2D eigenvalue weighted by molar-refractivity contribution is -0.387. The predicted molar refractivity (Wildman–Crippen MR) is 47.8 cm³/mol. The molecule has 0 radical (unpaired) electrons. The molecular formula is C9H5FN2O3. The van der Waals surface area contributed by atoms with Gasteiger partial charge in [0.2, 0.25) is 5.82 Å². The molecule has 0 amide bonds. The van der Waals surface area contributed by atoms with Crippen LogP contribution in [0, 0.1) is 27.3 Å². The minimum atomic E-state index is -1.10. The van der Waals surface area contributed by atoms with Crippen molar-refractivity contribution in [2.45, 2.75) is 6.42 Å². The Morgan fingerprint density at radius 2 is 2.27 bits per heavy atom. The van der Waals surface area contributed by atoms with Crippen molar-refractivity contribution in [3.63, 3.8) is 0 Å². The molecule has 15 heavy (non-hydrogen) atoms. The van der Waals surface area contributed by atoms with Gasteiger partial charge in [0.1, 0.15) is 0 Å². The molecule has 76 valence electrons. The summed E-state index contributed by atoms with van der Waals surface area (Å²) in [5, 5.41) is 18.8. The lowest BCUT2D eigenvalue weighted by Crippen LogP contribution is -2.00. The molecule has 0 unspecified atom stereocenters. The van der Waals surface area contributed by atoms with Crippen LogP contribution >= 0.6 is 0 Å². The van der Waals surface area contributed by atoms with Crippen molar-refractivity contribution in [2.24, 2.45) is 0 Å². The molecule has 0 spiro atoms. The second-order valence-corrected chi connectivity index (χ2v) is 2.73. The minimum Gasteiger partial charge on any atom is -0.298 e. The van der Waals surface area contributed by atoms with Crippen molar-refractivity contribution in [1.82, 2.24) is 0 Å². The van der Waals surface area contributed by atoms with E-state index in [1.165, 1.54) is 0 Å². The van der Waals surface area contributed by atoms with E-state index in [0.717, 1.165) is 12.1 Å². The number of hydrogen-bond donors (Lipinski definition) is 0. The van der Waals surface area contributed by atoms with Crippen LogP contribution in [0.2, 0.25) is 0 Å². The van der Waals surface area contributed by atoms with E-state index in [4.69, 9.17) is 5.26 Å². The van der Waals surface area contributed by atoms with Gasteiger partial charge < -0.3 is 0 Å². The third-order valence-corrected chi connectivity index (χ3v) is 1.75. The van der Waals surface area contributed by atoms with Crippen molar-refractivity contribution < 1.29 is 14.1 Å². The standard InChI is InChI=1S/C9H5FN2O3/c10-8-4-6(1-2-11)3-7(5-13)9(8)12(14)15/h3-5H,1H2. The van der Waals surface area contributed by atoms with E-state index in [9.17, 15) is 19.3 Å². The summed E-state index contributed by atoms with van der Waals surface area (Å²) in [5.41, 5.74) is -0.973. The molecule has 0 aromatic heterocycles. The van der Waals surface area contributed by atoms with Crippen molar-refractivity contribution in [1.29, 1.82) is 5.26 Å². The first-order chi connectivity index (χ1) is 7.10. The smallest absolute Gasteiger partial charge is 0.298 e. The highest BCUT2D eigenvalue weighted by molar-refractivity contribution is 5.81. The van der Waals surface area contributed by atoms with Crippen LogP contribution in [0.15, 0.2) is 12.1 Å². The SMILES string of the molecule is N#CCc1cc(F)c([N+](=O)[O-])c(C=O)c1. The number of nitrogens with zero attached hydrogens (tertiary/aromatic N) is 2. The number of nitro benzene ring substituents is 1. The molecule has 0 bridgehead atoms. The van der Waals surface area contributed by atoms with Crippen LogP contribution in [0.3, 0.4) is 0 Å². The molecule has 0 N–H and O–H groups in total. The second-order valence-electron chi connectivity index (χ2n) is 2.73. The van der Waals surface area contributed by atoms with Gasteiger partial charge in [-0.3, -0.25) is 14.9 Å². The third-order valence-electron chi connectivity index (χ3n) is 1.75. The quantitative estimate of drug-likeness (QED) is 0.429. The van der Waals surface area contributed by atoms with Crippen molar-refractivity contribution in [3.8, 4) is 6.07 Å².